The van der Waals surface area contributed by atoms with Crippen LogP contribution >= 0.6 is 0 Å². The Labute approximate surface area is 186 Å². The van der Waals surface area contributed by atoms with Crippen LogP contribution in [0.4, 0.5) is 0 Å². The van der Waals surface area contributed by atoms with E-state index in [1.165, 1.54) is 30.3 Å². The average molecular weight is 448 g/mol. The van der Waals surface area contributed by atoms with Gasteiger partial charge in [0.25, 0.3) is 0 Å². The van der Waals surface area contributed by atoms with Gasteiger partial charge < -0.3 is 0 Å². The first-order chi connectivity index (χ1) is 15.2. The number of aryl methyl sites for hydroxylation is 2. The summed E-state index contributed by atoms with van der Waals surface area (Å²) >= 11 is 0. The molecule has 7 heteroatoms. The Kier molecular flexibility index (Phi) is 5.62. The van der Waals surface area contributed by atoms with Crippen LogP contribution in [0.3, 0.4) is 0 Å². The van der Waals surface area contributed by atoms with E-state index in [1.54, 1.807) is 43.3 Å². The summed E-state index contributed by atoms with van der Waals surface area (Å²) in [4.78, 5) is 39.6. The number of rotatable bonds is 5. The van der Waals surface area contributed by atoms with Gasteiger partial charge in [-0.15, -0.1) is 0 Å². The standard InChI is InChI=1S/C25H21NO5S/c1-16-12-13-19(17(2)14-16)21(27)15-26-23(24(28)18-8-4-3-5-9-18)25(29)20-10-6-7-11-22(20)32(26,30)31/h3-14,23H,15H2,1-2H3/t23-/m1/s1. The first kappa shape index (κ1) is 21.8. The molecule has 0 saturated carbocycles. The molecule has 3 aromatic carbocycles. The van der Waals surface area contributed by atoms with Gasteiger partial charge in [0, 0.05) is 16.7 Å². The molecular formula is C25H21NO5S. The number of hydrogen-bond donors (Lipinski definition) is 0. The first-order valence-corrected chi connectivity index (χ1v) is 11.5. The zero-order valence-electron chi connectivity index (χ0n) is 17.6. The molecule has 1 aliphatic heterocycles. The summed E-state index contributed by atoms with van der Waals surface area (Å²) < 4.78 is 27.7. The number of carbonyl (C=O) groups is 3. The Morgan fingerprint density at radius 3 is 2.25 bits per heavy atom. The van der Waals surface area contributed by atoms with Crippen molar-refractivity contribution in [2.24, 2.45) is 0 Å². The van der Waals surface area contributed by atoms with Crippen molar-refractivity contribution in [1.82, 2.24) is 4.31 Å². The number of hydrogen-bond acceptors (Lipinski definition) is 5. The summed E-state index contributed by atoms with van der Waals surface area (Å²) in [6.45, 7) is 3.04. The highest BCUT2D eigenvalue weighted by Crippen LogP contribution is 2.32. The van der Waals surface area contributed by atoms with E-state index >= 15 is 0 Å². The van der Waals surface area contributed by atoms with Gasteiger partial charge in [-0.1, -0.05) is 66.2 Å². The number of sulfonamides is 1. The fourth-order valence-electron chi connectivity index (χ4n) is 3.98. The van der Waals surface area contributed by atoms with Crippen molar-refractivity contribution in [3.63, 3.8) is 0 Å². The quantitative estimate of drug-likeness (QED) is 0.440. The third-order valence-electron chi connectivity index (χ3n) is 5.56. The van der Waals surface area contributed by atoms with E-state index in [9.17, 15) is 22.8 Å². The minimum Gasteiger partial charge on any atom is -0.293 e. The van der Waals surface area contributed by atoms with Crippen molar-refractivity contribution < 1.29 is 22.8 Å². The fraction of sp³-hybridized carbons (Fsp3) is 0.160. The second kappa shape index (κ2) is 8.26. The van der Waals surface area contributed by atoms with Crippen LogP contribution in [-0.4, -0.2) is 42.7 Å². The monoisotopic (exact) mass is 447 g/mol. The second-order valence-electron chi connectivity index (χ2n) is 7.79. The zero-order chi connectivity index (χ0) is 23.0. The molecule has 0 aromatic heterocycles. The minimum absolute atomic E-state index is 0.0444. The molecule has 1 heterocycles. The van der Waals surface area contributed by atoms with E-state index in [0.29, 0.717) is 11.1 Å². The molecule has 0 fully saturated rings. The molecule has 0 saturated heterocycles. The van der Waals surface area contributed by atoms with Crippen LogP contribution in [0.5, 0.6) is 0 Å². The normalized spacial score (nSPS) is 17.6. The van der Waals surface area contributed by atoms with Gasteiger partial charge in [0.15, 0.2) is 23.4 Å². The van der Waals surface area contributed by atoms with E-state index in [0.717, 1.165) is 9.87 Å². The average Bonchev–Trinajstić information content (AvgIpc) is 2.78. The van der Waals surface area contributed by atoms with Crippen LogP contribution in [0.15, 0.2) is 77.7 Å². The van der Waals surface area contributed by atoms with E-state index in [1.807, 2.05) is 13.0 Å². The predicted molar refractivity (Wildman–Crippen MR) is 119 cm³/mol. The minimum atomic E-state index is -4.27. The molecule has 162 valence electrons. The van der Waals surface area contributed by atoms with Crippen molar-refractivity contribution in [2.45, 2.75) is 24.8 Å². The Morgan fingerprint density at radius 2 is 1.56 bits per heavy atom. The van der Waals surface area contributed by atoms with E-state index in [2.05, 4.69) is 0 Å². The molecular weight excluding hydrogens is 426 g/mol. The molecule has 3 aromatic rings. The molecule has 1 atom stereocenters. The van der Waals surface area contributed by atoms with Crippen molar-refractivity contribution in [3.8, 4) is 0 Å². The predicted octanol–water partition coefficient (Wildman–Crippen LogP) is 3.62. The van der Waals surface area contributed by atoms with Gasteiger partial charge in [-0.3, -0.25) is 14.4 Å². The van der Waals surface area contributed by atoms with Crippen molar-refractivity contribution >= 4 is 27.4 Å². The third kappa shape index (κ3) is 3.70. The molecule has 0 bridgehead atoms. The number of ketones is 3. The molecule has 0 radical (unpaired) electrons. The lowest BCUT2D eigenvalue weighted by atomic mass is 9.95. The largest absolute Gasteiger partial charge is 0.293 e. The molecule has 0 N–H and O–H groups in total. The van der Waals surface area contributed by atoms with Crippen LogP contribution in [0.25, 0.3) is 0 Å². The topological polar surface area (TPSA) is 88.6 Å². The zero-order valence-corrected chi connectivity index (χ0v) is 18.4. The van der Waals surface area contributed by atoms with Crippen LogP contribution in [0, 0.1) is 13.8 Å². The SMILES string of the molecule is Cc1ccc(C(=O)CN2[C@H](C(=O)c3ccccc3)C(=O)c3ccccc3S2(=O)=O)c(C)c1. The first-order valence-electron chi connectivity index (χ1n) is 10.1. The van der Waals surface area contributed by atoms with Gasteiger partial charge in [0.05, 0.1) is 11.4 Å². The number of nitrogens with zero attached hydrogens (tertiary/aromatic N) is 1. The summed E-state index contributed by atoms with van der Waals surface area (Å²) in [5.74, 6) is -1.79. The van der Waals surface area contributed by atoms with E-state index < -0.39 is 40.0 Å². The Balaban J connectivity index is 1.83. The summed E-state index contributed by atoms with van der Waals surface area (Å²) in [5.41, 5.74) is 2.16. The summed E-state index contributed by atoms with van der Waals surface area (Å²) in [5, 5.41) is 0. The fourth-order valence-corrected chi connectivity index (χ4v) is 5.68. The van der Waals surface area contributed by atoms with Crippen molar-refractivity contribution in [3.05, 3.63) is 101 Å². The van der Waals surface area contributed by atoms with Crippen LogP contribution < -0.4 is 0 Å². The number of carbonyl (C=O) groups excluding carboxylic acids is 3. The molecule has 4 rings (SSSR count). The van der Waals surface area contributed by atoms with E-state index in [4.69, 9.17) is 0 Å². The van der Waals surface area contributed by atoms with Gasteiger partial charge in [0.2, 0.25) is 10.0 Å². The molecule has 0 spiro atoms. The molecule has 32 heavy (non-hydrogen) atoms. The highest BCUT2D eigenvalue weighted by Gasteiger charge is 2.48. The third-order valence-corrected chi connectivity index (χ3v) is 7.43. The number of fused-ring (bicyclic) bond motifs is 1. The Hall–Kier alpha value is -3.42. The van der Waals surface area contributed by atoms with Gasteiger partial charge in [-0.05, 0) is 31.5 Å². The maximum Gasteiger partial charge on any atom is 0.245 e. The number of benzene rings is 3. The molecule has 6 nitrogen and oxygen atoms in total. The van der Waals surface area contributed by atoms with E-state index in [-0.39, 0.29) is 16.0 Å². The maximum atomic E-state index is 13.5. The molecule has 0 aliphatic carbocycles. The summed E-state index contributed by atoms with van der Waals surface area (Å²) in [7, 11) is -4.27. The lowest BCUT2D eigenvalue weighted by Crippen LogP contribution is -2.55. The molecule has 1 aliphatic rings. The van der Waals surface area contributed by atoms with Crippen LogP contribution in [-0.2, 0) is 10.0 Å². The van der Waals surface area contributed by atoms with Gasteiger partial charge in [-0.2, -0.15) is 4.31 Å². The lowest BCUT2D eigenvalue weighted by Gasteiger charge is -2.33. The highest BCUT2D eigenvalue weighted by atomic mass is 32.2. The van der Waals surface area contributed by atoms with Crippen LogP contribution in [0.2, 0.25) is 0 Å². The highest BCUT2D eigenvalue weighted by molar-refractivity contribution is 7.89. The molecule has 0 unspecified atom stereocenters. The summed E-state index contributed by atoms with van der Waals surface area (Å²) in [6.07, 6.45) is 0. The smallest absolute Gasteiger partial charge is 0.245 e. The van der Waals surface area contributed by atoms with Gasteiger partial charge in [-0.25, -0.2) is 8.42 Å². The van der Waals surface area contributed by atoms with Gasteiger partial charge in [0.1, 0.15) is 0 Å². The van der Waals surface area contributed by atoms with Gasteiger partial charge >= 0.3 is 0 Å². The van der Waals surface area contributed by atoms with Crippen molar-refractivity contribution in [2.75, 3.05) is 6.54 Å². The Morgan fingerprint density at radius 1 is 0.906 bits per heavy atom. The number of Topliss-reactive ketones (excluding diaryl/α,β-unsaturated/α-hetero) is 3. The maximum absolute atomic E-state index is 13.5. The van der Waals surface area contributed by atoms with Crippen LogP contribution in [0.1, 0.15) is 42.2 Å². The second-order valence-corrected chi connectivity index (χ2v) is 9.64. The summed E-state index contributed by atoms with van der Waals surface area (Å²) in [6, 6.07) is 17.4. The lowest BCUT2D eigenvalue weighted by molar-refractivity contribution is 0.0754. The van der Waals surface area contributed by atoms with Crippen molar-refractivity contribution in [1.29, 1.82) is 0 Å². The molecule has 0 amide bonds. The Bertz CT molecular complexity index is 1350.